The highest BCUT2D eigenvalue weighted by Crippen LogP contribution is 2.18. The third kappa shape index (κ3) is 5.04. The van der Waals surface area contributed by atoms with Crippen LogP contribution in [0.1, 0.15) is 33.6 Å². The van der Waals surface area contributed by atoms with E-state index in [1.54, 1.807) is 0 Å². The summed E-state index contributed by atoms with van der Waals surface area (Å²) in [5.74, 6) is 1.33. The molecule has 1 aliphatic rings. The van der Waals surface area contributed by atoms with Crippen LogP contribution in [0.2, 0.25) is 0 Å². The molecule has 2 unspecified atom stereocenters. The number of carbonyl (C=O) groups excluding carboxylic acids is 1. The van der Waals surface area contributed by atoms with Crippen LogP contribution in [0.3, 0.4) is 0 Å². The van der Waals surface area contributed by atoms with E-state index >= 15 is 0 Å². The molecule has 17 heavy (non-hydrogen) atoms. The van der Waals surface area contributed by atoms with Gasteiger partial charge >= 0.3 is 0 Å². The molecule has 1 saturated heterocycles. The fraction of sp³-hybridized carbons (Fsp3) is 0.923. The second-order valence-electron chi connectivity index (χ2n) is 5.57. The number of amides is 1. The van der Waals surface area contributed by atoms with Gasteiger partial charge in [0.05, 0.1) is 6.54 Å². The predicted molar refractivity (Wildman–Crippen MR) is 70.7 cm³/mol. The van der Waals surface area contributed by atoms with E-state index in [0.29, 0.717) is 18.4 Å². The number of carbonyl (C=O) groups is 1. The van der Waals surface area contributed by atoms with Crippen LogP contribution in [0.4, 0.5) is 0 Å². The quantitative estimate of drug-likeness (QED) is 0.724. The summed E-state index contributed by atoms with van der Waals surface area (Å²) >= 11 is 0. The summed E-state index contributed by atoms with van der Waals surface area (Å²) in [6.07, 6.45) is 2.27. The molecule has 1 rings (SSSR count). The van der Waals surface area contributed by atoms with Gasteiger partial charge in [-0.2, -0.15) is 0 Å². The summed E-state index contributed by atoms with van der Waals surface area (Å²) in [4.78, 5) is 14.0. The second-order valence-corrected chi connectivity index (χ2v) is 5.57. The van der Waals surface area contributed by atoms with Crippen LogP contribution < -0.4 is 11.1 Å². The third-order valence-electron chi connectivity index (χ3n) is 3.70. The standard InChI is InChI=1S/C13H27N3O/c1-10(2)11(3)15-13(17)9-16-7-5-12(8-16)4-6-14/h10-12H,4-9,14H2,1-3H3,(H,15,17). The lowest BCUT2D eigenvalue weighted by Gasteiger charge is -2.20. The molecule has 0 saturated carbocycles. The summed E-state index contributed by atoms with van der Waals surface area (Å²) in [7, 11) is 0. The Morgan fingerprint density at radius 1 is 1.47 bits per heavy atom. The van der Waals surface area contributed by atoms with Gasteiger partial charge in [0.25, 0.3) is 0 Å². The van der Waals surface area contributed by atoms with Gasteiger partial charge in [-0.3, -0.25) is 9.69 Å². The van der Waals surface area contributed by atoms with Gasteiger partial charge in [0, 0.05) is 12.6 Å². The minimum absolute atomic E-state index is 0.152. The number of likely N-dealkylation sites (tertiary alicyclic amines) is 1. The smallest absolute Gasteiger partial charge is 0.234 e. The zero-order chi connectivity index (χ0) is 12.8. The molecule has 1 aliphatic heterocycles. The largest absolute Gasteiger partial charge is 0.352 e. The Morgan fingerprint density at radius 2 is 2.18 bits per heavy atom. The summed E-state index contributed by atoms with van der Waals surface area (Å²) in [5, 5.41) is 3.05. The van der Waals surface area contributed by atoms with Crippen molar-refractivity contribution in [2.45, 2.75) is 39.7 Å². The molecule has 3 N–H and O–H groups in total. The SMILES string of the molecule is CC(C)C(C)NC(=O)CN1CCC(CCN)C1. The van der Waals surface area contributed by atoms with Gasteiger partial charge < -0.3 is 11.1 Å². The molecule has 100 valence electrons. The van der Waals surface area contributed by atoms with Crippen LogP contribution in [0.5, 0.6) is 0 Å². The summed E-state index contributed by atoms with van der Waals surface area (Å²) < 4.78 is 0. The van der Waals surface area contributed by atoms with Crippen LogP contribution in [-0.4, -0.2) is 43.0 Å². The molecule has 2 atom stereocenters. The molecule has 1 heterocycles. The van der Waals surface area contributed by atoms with E-state index in [0.717, 1.165) is 26.1 Å². The zero-order valence-corrected chi connectivity index (χ0v) is 11.4. The monoisotopic (exact) mass is 241 g/mol. The van der Waals surface area contributed by atoms with Crippen LogP contribution >= 0.6 is 0 Å². The van der Waals surface area contributed by atoms with E-state index in [2.05, 4.69) is 31.0 Å². The fourth-order valence-electron chi connectivity index (χ4n) is 2.20. The molecule has 1 amide bonds. The van der Waals surface area contributed by atoms with Gasteiger partial charge in [-0.05, 0) is 44.7 Å². The van der Waals surface area contributed by atoms with Crippen molar-refractivity contribution in [1.29, 1.82) is 0 Å². The topological polar surface area (TPSA) is 58.4 Å². The lowest BCUT2D eigenvalue weighted by molar-refractivity contribution is -0.122. The first-order valence-corrected chi connectivity index (χ1v) is 6.74. The Hall–Kier alpha value is -0.610. The number of nitrogens with one attached hydrogen (secondary N) is 1. The summed E-state index contributed by atoms with van der Waals surface area (Å²) in [6, 6.07) is 0.255. The molecular weight excluding hydrogens is 214 g/mol. The fourth-order valence-corrected chi connectivity index (χ4v) is 2.20. The zero-order valence-electron chi connectivity index (χ0n) is 11.4. The van der Waals surface area contributed by atoms with Gasteiger partial charge in [0.2, 0.25) is 5.91 Å². The Labute approximate surface area is 105 Å². The molecule has 4 heteroatoms. The molecule has 0 bridgehead atoms. The van der Waals surface area contributed by atoms with Crippen molar-refractivity contribution < 1.29 is 4.79 Å². The van der Waals surface area contributed by atoms with Crippen molar-refractivity contribution in [3.8, 4) is 0 Å². The number of nitrogens with two attached hydrogens (primary N) is 1. The predicted octanol–water partition coefficient (Wildman–Crippen LogP) is 0.818. The number of hydrogen-bond acceptors (Lipinski definition) is 3. The molecule has 0 aromatic carbocycles. The Balaban J connectivity index is 2.24. The Morgan fingerprint density at radius 3 is 2.76 bits per heavy atom. The highest BCUT2D eigenvalue weighted by molar-refractivity contribution is 5.78. The molecule has 0 aromatic heterocycles. The van der Waals surface area contributed by atoms with Gasteiger partial charge in [-0.15, -0.1) is 0 Å². The second kappa shape index (κ2) is 6.97. The molecule has 0 spiro atoms. The first-order valence-electron chi connectivity index (χ1n) is 6.74. The average molecular weight is 241 g/mol. The highest BCUT2D eigenvalue weighted by Gasteiger charge is 2.23. The van der Waals surface area contributed by atoms with Gasteiger partial charge in [-0.1, -0.05) is 13.8 Å². The lowest BCUT2D eigenvalue weighted by Crippen LogP contribution is -2.42. The van der Waals surface area contributed by atoms with Crippen molar-refractivity contribution in [3.63, 3.8) is 0 Å². The first-order chi connectivity index (χ1) is 8.02. The van der Waals surface area contributed by atoms with Crippen LogP contribution in [-0.2, 0) is 4.79 Å². The Bertz CT molecular complexity index is 243. The number of nitrogens with zero attached hydrogens (tertiary/aromatic N) is 1. The van der Waals surface area contributed by atoms with Gasteiger partial charge in [-0.25, -0.2) is 0 Å². The average Bonchev–Trinajstić information content (AvgIpc) is 2.65. The highest BCUT2D eigenvalue weighted by atomic mass is 16.2. The van der Waals surface area contributed by atoms with Crippen LogP contribution in [0, 0.1) is 11.8 Å². The van der Waals surface area contributed by atoms with E-state index in [9.17, 15) is 4.79 Å². The number of rotatable bonds is 6. The molecule has 0 radical (unpaired) electrons. The van der Waals surface area contributed by atoms with Gasteiger partial charge in [0.1, 0.15) is 0 Å². The van der Waals surface area contributed by atoms with Crippen molar-refractivity contribution in [3.05, 3.63) is 0 Å². The maximum absolute atomic E-state index is 11.8. The minimum Gasteiger partial charge on any atom is -0.352 e. The van der Waals surface area contributed by atoms with Crippen LogP contribution in [0.15, 0.2) is 0 Å². The maximum atomic E-state index is 11.8. The Kier molecular flexibility index (Phi) is 5.92. The molecule has 0 aliphatic carbocycles. The third-order valence-corrected chi connectivity index (χ3v) is 3.70. The van der Waals surface area contributed by atoms with E-state index in [4.69, 9.17) is 5.73 Å². The van der Waals surface area contributed by atoms with Crippen molar-refractivity contribution in [1.82, 2.24) is 10.2 Å². The lowest BCUT2D eigenvalue weighted by atomic mass is 10.1. The normalized spacial score (nSPS) is 23.0. The molecule has 4 nitrogen and oxygen atoms in total. The van der Waals surface area contributed by atoms with E-state index in [1.165, 1.54) is 6.42 Å². The van der Waals surface area contributed by atoms with Crippen molar-refractivity contribution >= 4 is 5.91 Å². The first kappa shape index (κ1) is 14.5. The van der Waals surface area contributed by atoms with E-state index < -0.39 is 0 Å². The number of hydrogen-bond donors (Lipinski definition) is 2. The van der Waals surface area contributed by atoms with Crippen molar-refractivity contribution in [2.24, 2.45) is 17.6 Å². The van der Waals surface area contributed by atoms with Crippen molar-refractivity contribution in [2.75, 3.05) is 26.2 Å². The van der Waals surface area contributed by atoms with Gasteiger partial charge in [0.15, 0.2) is 0 Å². The summed E-state index contributed by atoms with van der Waals surface area (Å²) in [5.41, 5.74) is 5.56. The minimum atomic E-state index is 0.152. The molecule has 0 aromatic rings. The maximum Gasteiger partial charge on any atom is 0.234 e. The van der Waals surface area contributed by atoms with E-state index in [-0.39, 0.29) is 11.9 Å². The van der Waals surface area contributed by atoms with E-state index in [1.807, 2.05) is 0 Å². The van der Waals surface area contributed by atoms with Crippen LogP contribution in [0.25, 0.3) is 0 Å². The molecule has 1 fully saturated rings. The summed E-state index contributed by atoms with van der Waals surface area (Å²) in [6.45, 7) is 9.67. The molecular formula is C13H27N3O.